The van der Waals surface area contributed by atoms with Crippen LogP contribution in [-0.4, -0.2) is 0 Å². The smallest absolute Gasteiger partial charge is 0.137 e. The summed E-state index contributed by atoms with van der Waals surface area (Å²) in [5, 5.41) is 4.27. The summed E-state index contributed by atoms with van der Waals surface area (Å²) in [6, 6.07) is 92.9. The Hall–Kier alpha value is -9.38. The molecule has 0 saturated heterocycles. The summed E-state index contributed by atoms with van der Waals surface area (Å²) >= 11 is 0. The quantitative estimate of drug-likeness (QED) is 0.152. The van der Waals surface area contributed by atoms with E-state index in [-0.39, 0.29) is 5.41 Å². The lowest BCUT2D eigenvalue weighted by Crippen LogP contribution is -2.28. The molecular formula is C70H48N2O2. The Morgan fingerprint density at radius 1 is 0.311 bits per heavy atom. The zero-order valence-electron chi connectivity index (χ0n) is 41.0. The Kier molecular flexibility index (Phi) is 9.19. The van der Waals surface area contributed by atoms with E-state index in [1.54, 1.807) is 0 Å². The standard InChI is InChI=1S/C70H48N2O2/c1-69(2)55-31-13-10-28-52(55)66-57(69)33-18-34-59(66)72(61-36-20-40-65-68(61)54-30-12-16-38-63(54)74-65)48-26-17-25-47(43-48)71(60-35-19-39-64-67(60)53-29-11-15-37-62(53)73-64)49-41-42-51-50-27-9-14-32-56(50)70(58(51)44-49,45-21-5-3-6-22-45)46-23-7-4-8-24-46/h3-44H,1-2H3. The second kappa shape index (κ2) is 16.1. The third-order valence-corrected chi connectivity index (χ3v) is 16.1. The topological polar surface area (TPSA) is 32.8 Å². The van der Waals surface area contributed by atoms with Gasteiger partial charge in [-0.05, 0) is 123 Å². The van der Waals surface area contributed by atoms with Crippen LogP contribution in [0.15, 0.2) is 264 Å². The Morgan fingerprint density at radius 3 is 1.43 bits per heavy atom. The van der Waals surface area contributed by atoms with Crippen LogP contribution in [0.4, 0.5) is 34.1 Å². The summed E-state index contributed by atoms with van der Waals surface area (Å²) in [5.74, 6) is 0. The van der Waals surface area contributed by atoms with Crippen molar-refractivity contribution in [2.24, 2.45) is 0 Å². The Bertz CT molecular complexity index is 4330. The number of hydrogen-bond acceptors (Lipinski definition) is 4. The van der Waals surface area contributed by atoms with Crippen molar-refractivity contribution in [3.8, 4) is 22.3 Å². The maximum Gasteiger partial charge on any atom is 0.137 e. The molecule has 0 fully saturated rings. The molecule has 11 aromatic carbocycles. The highest BCUT2D eigenvalue weighted by molar-refractivity contribution is 6.15. The van der Waals surface area contributed by atoms with Gasteiger partial charge in [0.2, 0.25) is 0 Å². The molecule has 2 aromatic heterocycles. The van der Waals surface area contributed by atoms with E-state index >= 15 is 0 Å². The highest BCUT2D eigenvalue weighted by atomic mass is 16.3. The number of rotatable bonds is 8. The van der Waals surface area contributed by atoms with E-state index < -0.39 is 5.41 Å². The molecule has 0 amide bonds. The van der Waals surface area contributed by atoms with Crippen molar-refractivity contribution in [1.82, 2.24) is 0 Å². The van der Waals surface area contributed by atoms with E-state index in [0.717, 1.165) is 78.0 Å². The van der Waals surface area contributed by atoms with Crippen LogP contribution in [0.1, 0.15) is 47.2 Å². The van der Waals surface area contributed by atoms with Gasteiger partial charge in [-0.1, -0.05) is 196 Å². The van der Waals surface area contributed by atoms with Crippen LogP contribution in [0.25, 0.3) is 66.1 Å². The molecule has 0 aliphatic heterocycles. The molecule has 0 bridgehead atoms. The van der Waals surface area contributed by atoms with Crippen LogP contribution < -0.4 is 9.80 Å². The molecule has 2 aliphatic carbocycles. The molecular weight excluding hydrogens is 901 g/mol. The van der Waals surface area contributed by atoms with Crippen LogP contribution in [-0.2, 0) is 10.8 Å². The van der Waals surface area contributed by atoms with Gasteiger partial charge in [-0.15, -0.1) is 0 Å². The van der Waals surface area contributed by atoms with Crippen molar-refractivity contribution in [2.75, 3.05) is 9.80 Å². The molecule has 0 unspecified atom stereocenters. The zero-order valence-corrected chi connectivity index (χ0v) is 41.0. The first-order valence-electron chi connectivity index (χ1n) is 25.6. The van der Waals surface area contributed by atoms with Crippen molar-refractivity contribution < 1.29 is 8.83 Å². The molecule has 2 heterocycles. The molecule has 0 atom stereocenters. The molecule has 0 spiro atoms. The van der Waals surface area contributed by atoms with Crippen LogP contribution in [0.3, 0.4) is 0 Å². The van der Waals surface area contributed by atoms with E-state index in [1.807, 2.05) is 0 Å². The zero-order chi connectivity index (χ0) is 49.1. The number of fused-ring (bicyclic) bond motifs is 12. The van der Waals surface area contributed by atoms with Gasteiger partial charge >= 0.3 is 0 Å². The summed E-state index contributed by atoms with van der Waals surface area (Å²) in [6.07, 6.45) is 0. The fraction of sp³-hybridized carbons (Fsp3) is 0.0571. The van der Waals surface area contributed by atoms with Crippen molar-refractivity contribution in [3.63, 3.8) is 0 Å². The summed E-state index contributed by atoms with van der Waals surface area (Å²) in [4.78, 5) is 4.93. The Morgan fingerprint density at radius 2 is 0.770 bits per heavy atom. The first-order valence-corrected chi connectivity index (χ1v) is 25.6. The summed E-state index contributed by atoms with van der Waals surface area (Å²) in [7, 11) is 0. The first-order chi connectivity index (χ1) is 36.5. The third kappa shape index (κ3) is 5.97. The Balaban J connectivity index is 1.02. The minimum Gasteiger partial charge on any atom is -0.456 e. The lowest BCUT2D eigenvalue weighted by Gasteiger charge is -2.35. The van der Waals surface area contributed by atoms with E-state index in [9.17, 15) is 0 Å². The maximum atomic E-state index is 6.67. The Labute approximate surface area is 429 Å². The minimum absolute atomic E-state index is 0.200. The van der Waals surface area contributed by atoms with Crippen LogP contribution >= 0.6 is 0 Å². The predicted octanol–water partition coefficient (Wildman–Crippen LogP) is 19.1. The molecule has 4 nitrogen and oxygen atoms in total. The van der Waals surface area contributed by atoms with Gasteiger partial charge in [0.25, 0.3) is 0 Å². The van der Waals surface area contributed by atoms with Crippen LogP contribution in [0, 0.1) is 0 Å². The van der Waals surface area contributed by atoms with Gasteiger partial charge in [-0.3, -0.25) is 0 Å². The summed E-state index contributed by atoms with van der Waals surface area (Å²) < 4.78 is 13.3. The van der Waals surface area contributed by atoms with Crippen molar-refractivity contribution in [1.29, 1.82) is 0 Å². The van der Waals surface area contributed by atoms with Gasteiger partial charge in [-0.25, -0.2) is 0 Å². The molecule has 0 N–H and O–H groups in total. The second-order valence-corrected chi connectivity index (χ2v) is 20.3. The highest BCUT2D eigenvalue weighted by Crippen LogP contribution is 2.59. The largest absolute Gasteiger partial charge is 0.456 e. The normalized spacial score (nSPS) is 13.8. The molecule has 2 aliphatic rings. The number of benzene rings is 11. The van der Waals surface area contributed by atoms with E-state index in [0.29, 0.717) is 0 Å². The third-order valence-electron chi connectivity index (χ3n) is 16.1. The van der Waals surface area contributed by atoms with Crippen LogP contribution in [0.2, 0.25) is 0 Å². The van der Waals surface area contributed by atoms with Crippen molar-refractivity contribution in [3.05, 3.63) is 288 Å². The number of anilines is 6. The lowest BCUT2D eigenvalue weighted by molar-refractivity contribution is 0.660. The van der Waals surface area contributed by atoms with Crippen LogP contribution in [0.5, 0.6) is 0 Å². The average Bonchev–Trinajstić information content (AvgIpc) is 4.18. The monoisotopic (exact) mass is 948 g/mol. The van der Waals surface area contributed by atoms with Gasteiger partial charge in [0.15, 0.2) is 0 Å². The highest BCUT2D eigenvalue weighted by Gasteiger charge is 2.46. The fourth-order valence-electron chi connectivity index (χ4n) is 13.0. The number of furan rings is 2. The van der Waals surface area contributed by atoms with Crippen molar-refractivity contribution >= 4 is 78.0 Å². The lowest BCUT2D eigenvalue weighted by atomic mass is 9.67. The SMILES string of the molecule is CC1(C)c2ccccc2-c2c(N(c3cccc(N(c4ccc5c(c4)C(c4ccccc4)(c4ccccc4)c4ccccc4-5)c4cccc5oc6ccccc6c45)c3)c3cccc4oc5ccccc5c34)cccc21. The fourth-order valence-corrected chi connectivity index (χ4v) is 13.0. The minimum atomic E-state index is -0.590. The maximum absolute atomic E-state index is 6.67. The van der Waals surface area contributed by atoms with E-state index in [2.05, 4.69) is 278 Å². The molecule has 350 valence electrons. The first kappa shape index (κ1) is 42.3. The number of para-hydroxylation sites is 2. The molecule has 74 heavy (non-hydrogen) atoms. The molecule has 15 rings (SSSR count). The van der Waals surface area contributed by atoms with E-state index in [1.165, 1.54) is 55.6 Å². The second-order valence-electron chi connectivity index (χ2n) is 20.3. The number of nitrogens with zero attached hydrogens (tertiary/aromatic N) is 2. The van der Waals surface area contributed by atoms with Gasteiger partial charge in [0.1, 0.15) is 22.3 Å². The molecule has 0 radical (unpaired) electrons. The summed E-state index contributed by atoms with van der Waals surface area (Å²) in [6.45, 7) is 4.71. The average molecular weight is 949 g/mol. The predicted molar refractivity (Wildman–Crippen MR) is 305 cm³/mol. The van der Waals surface area contributed by atoms with Crippen molar-refractivity contribution in [2.45, 2.75) is 24.7 Å². The molecule has 0 saturated carbocycles. The van der Waals surface area contributed by atoms with Gasteiger partial charge in [0.05, 0.1) is 33.2 Å². The van der Waals surface area contributed by atoms with Gasteiger partial charge < -0.3 is 18.6 Å². The summed E-state index contributed by atoms with van der Waals surface area (Å²) in [5.41, 5.74) is 21.4. The van der Waals surface area contributed by atoms with Gasteiger partial charge in [-0.2, -0.15) is 0 Å². The molecule has 13 aromatic rings. The van der Waals surface area contributed by atoms with Gasteiger partial charge in [0, 0.05) is 38.8 Å². The molecule has 4 heteroatoms. The van der Waals surface area contributed by atoms with E-state index in [4.69, 9.17) is 8.83 Å². The number of hydrogen-bond donors (Lipinski definition) is 0.